The quantitative estimate of drug-likeness (QED) is 0.710. The van der Waals surface area contributed by atoms with Gasteiger partial charge in [0.2, 0.25) is 5.88 Å². The Balaban J connectivity index is 2.13. The van der Waals surface area contributed by atoms with Crippen LogP contribution in [0.1, 0.15) is 23.6 Å². The summed E-state index contributed by atoms with van der Waals surface area (Å²) in [4.78, 5) is 30.9. The topological polar surface area (TPSA) is 87.4 Å². The first kappa shape index (κ1) is 17.4. The first-order valence-corrected chi connectivity index (χ1v) is 8.28. The van der Waals surface area contributed by atoms with E-state index >= 15 is 0 Å². The van der Waals surface area contributed by atoms with Gasteiger partial charge in [-0.1, -0.05) is 37.3 Å². The molecular formula is C20H19N3O3. The second-order valence-electron chi connectivity index (χ2n) is 5.90. The first-order valence-electron chi connectivity index (χ1n) is 8.28. The summed E-state index contributed by atoms with van der Waals surface area (Å²) in [6.07, 6.45) is 2.14. The molecule has 0 saturated heterocycles. The van der Waals surface area contributed by atoms with Gasteiger partial charge in [-0.2, -0.15) is 0 Å². The maximum Gasteiger partial charge on any atom is 0.335 e. The third kappa shape index (κ3) is 3.35. The third-order valence-corrected chi connectivity index (χ3v) is 4.14. The van der Waals surface area contributed by atoms with E-state index in [2.05, 4.69) is 9.98 Å². The van der Waals surface area contributed by atoms with Crippen molar-refractivity contribution < 1.29 is 5.11 Å². The fraction of sp³-hybridized carbons (Fsp3) is 0.150. The van der Waals surface area contributed by atoms with Gasteiger partial charge in [-0.05, 0) is 42.7 Å². The summed E-state index contributed by atoms with van der Waals surface area (Å²) < 4.78 is 1.07. The Kier molecular flexibility index (Phi) is 4.84. The van der Waals surface area contributed by atoms with Crippen molar-refractivity contribution in [2.45, 2.75) is 20.3 Å². The Morgan fingerprint density at radius 3 is 2.65 bits per heavy atom. The number of H-pyrrole nitrogens is 1. The molecule has 0 fully saturated rings. The molecule has 6 nitrogen and oxygen atoms in total. The molecule has 1 heterocycles. The molecular weight excluding hydrogens is 330 g/mol. The molecule has 0 radical (unpaired) electrons. The average molecular weight is 349 g/mol. The van der Waals surface area contributed by atoms with E-state index in [1.54, 1.807) is 18.2 Å². The van der Waals surface area contributed by atoms with E-state index in [1.807, 2.05) is 44.2 Å². The van der Waals surface area contributed by atoms with Gasteiger partial charge >= 0.3 is 5.69 Å². The van der Waals surface area contributed by atoms with Gasteiger partial charge in [0.15, 0.2) is 0 Å². The molecule has 26 heavy (non-hydrogen) atoms. The Morgan fingerprint density at radius 1 is 1.15 bits per heavy atom. The maximum absolute atomic E-state index is 12.2. The minimum absolute atomic E-state index is 0.0743. The summed E-state index contributed by atoms with van der Waals surface area (Å²) in [6, 6.07) is 14.7. The van der Waals surface area contributed by atoms with Gasteiger partial charge in [0, 0.05) is 6.21 Å². The molecule has 0 bridgehead atoms. The largest absolute Gasteiger partial charge is 0.493 e. The van der Waals surface area contributed by atoms with E-state index in [0.29, 0.717) is 11.4 Å². The molecule has 0 spiro atoms. The molecule has 0 amide bonds. The lowest BCUT2D eigenvalue weighted by molar-refractivity contribution is 0.430. The van der Waals surface area contributed by atoms with E-state index < -0.39 is 17.1 Å². The predicted octanol–water partition coefficient (Wildman–Crippen LogP) is 2.85. The van der Waals surface area contributed by atoms with Crippen molar-refractivity contribution in [1.29, 1.82) is 0 Å². The highest BCUT2D eigenvalue weighted by atomic mass is 16.3. The Labute approximate surface area is 150 Å². The number of aromatic amines is 1. The summed E-state index contributed by atoms with van der Waals surface area (Å²) in [6.45, 7) is 3.85. The fourth-order valence-electron chi connectivity index (χ4n) is 2.69. The van der Waals surface area contributed by atoms with Crippen LogP contribution in [-0.4, -0.2) is 20.9 Å². The van der Waals surface area contributed by atoms with E-state index in [4.69, 9.17) is 0 Å². The number of aromatic nitrogens is 2. The highest BCUT2D eigenvalue weighted by Crippen LogP contribution is 2.19. The number of benzene rings is 2. The SMILES string of the molecule is CCc1cccc(N=Cc2c(O)n(-c3ccccc3C)c(=O)[nH]c2=O)c1. The summed E-state index contributed by atoms with van der Waals surface area (Å²) in [5, 5.41) is 10.6. The van der Waals surface area contributed by atoms with Crippen molar-refractivity contribution in [3.8, 4) is 11.6 Å². The van der Waals surface area contributed by atoms with Crippen LogP contribution < -0.4 is 11.2 Å². The van der Waals surface area contributed by atoms with Crippen molar-refractivity contribution >= 4 is 11.9 Å². The van der Waals surface area contributed by atoms with Gasteiger partial charge in [-0.25, -0.2) is 9.36 Å². The fourth-order valence-corrected chi connectivity index (χ4v) is 2.69. The second-order valence-corrected chi connectivity index (χ2v) is 5.90. The number of nitrogens with zero attached hydrogens (tertiary/aromatic N) is 2. The summed E-state index contributed by atoms with van der Waals surface area (Å²) in [7, 11) is 0. The minimum atomic E-state index is -0.702. The van der Waals surface area contributed by atoms with Crippen LogP contribution in [0.4, 0.5) is 5.69 Å². The van der Waals surface area contributed by atoms with Crippen LogP contribution in [0, 0.1) is 6.92 Å². The second kappa shape index (κ2) is 7.23. The highest BCUT2D eigenvalue weighted by molar-refractivity contribution is 5.84. The lowest BCUT2D eigenvalue weighted by Gasteiger charge is -2.11. The highest BCUT2D eigenvalue weighted by Gasteiger charge is 2.15. The van der Waals surface area contributed by atoms with Crippen molar-refractivity contribution in [2.24, 2.45) is 4.99 Å². The van der Waals surface area contributed by atoms with Crippen LogP contribution >= 0.6 is 0 Å². The summed E-state index contributed by atoms with van der Waals surface area (Å²) in [5.74, 6) is -0.441. The van der Waals surface area contributed by atoms with Gasteiger partial charge in [-0.15, -0.1) is 0 Å². The van der Waals surface area contributed by atoms with Crippen molar-refractivity contribution in [1.82, 2.24) is 9.55 Å². The lowest BCUT2D eigenvalue weighted by Crippen LogP contribution is -2.31. The number of aromatic hydroxyl groups is 1. The predicted molar refractivity (Wildman–Crippen MR) is 102 cm³/mol. The molecule has 0 aliphatic heterocycles. The monoisotopic (exact) mass is 349 g/mol. The van der Waals surface area contributed by atoms with Crippen molar-refractivity contribution in [3.05, 3.63) is 86.1 Å². The number of nitrogens with one attached hydrogen (secondary N) is 1. The molecule has 0 atom stereocenters. The van der Waals surface area contributed by atoms with E-state index in [-0.39, 0.29) is 5.56 Å². The van der Waals surface area contributed by atoms with E-state index in [0.717, 1.165) is 22.1 Å². The Morgan fingerprint density at radius 2 is 1.92 bits per heavy atom. The summed E-state index contributed by atoms with van der Waals surface area (Å²) >= 11 is 0. The molecule has 2 aromatic carbocycles. The van der Waals surface area contributed by atoms with Crippen LogP contribution in [0.25, 0.3) is 5.69 Å². The van der Waals surface area contributed by atoms with Gasteiger partial charge < -0.3 is 5.11 Å². The first-order chi connectivity index (χ1) is 12.5. The number of aryl methyl sites for hydroxylation is 2. The number of hydrogen-bond donors (Lipinski definition) is 2. The Bertz CT molecular complexity index is 1090. The van der Waals surface area contributed by atoms with Crippen molar-refractivity contribution in [2.75, 3.05) is 0 Å². The minimum Gasteiger partial charge on any atom is -0.493 e. The molecule has 0 aliphatic rings. The molecule has 132 valence electrons. The number of rotatable bonds is 4. The van der Waals surface area contributed by atoms with Crippen LogP contribution in [0.15, 0.2) is 63.1 Å². The van der Waals surface area contributed by atoms with Crippen LogP contribution in [0.2, 0.25) is 0 Å². The molecule has 6 heteroatoms. The van der Waals surface area contributed by atoms with Crippen LogP contribution in [0.5, 0.6) is 5.88 Å². The zero-order chi connectivity index (χ0) is 18.7. The van der Waals surface area contributed by atoms with Gasteiger partial charge in [0.25, 0.3) is 5.56 Å². The smallest absolute Gasteiger partial charge is 0.335 e. The Hall–Kier alpha value is -3.41. The van der Waals surface area contributed by atoms with Crippen molar-refractivity contribution in [3.63, 3.8) is 0 Å². The molecule has 3 rings (SSSR count). The molecule has 0 saturated carbocycles. The molecule has 0 aliphatic carbocycles. The normalized spacial score (nSPS) is 11.2. The van der Waals surface area contributed by atoms with Crippen LogP contribution in [0.3, 0.4) is 0 Å². The van der Waals surface area contributed by atoms with Gasteiger partial charge in [0.05, 0.1) is 11.4 Å². The number of hydrogen-bond acceptors (Lipinski definition) is 4. The number of aliphatic imine (C=N–C) groups is 1. The maximum atomic E-state index is 12.2. The standard InChI is InChI=1S/C20H19N3O3/c1-3-14-8-6-9-15(11-14)21-12-16-18(24)22-20(26)23(19(16)25)17-10-5-4-7-13(17)2/h4-12,25H,3H2,1-2H3,(H,22,24,26). The van der Waals surface area contributed by atoms with Gasteiger partial charge in [0.1, 0.15) is 5.56 Å². The molecule has 1 aromatic heterocycles. The zero-order valence-corrected chi connectivity index (χ0v) is 14.6. The third-order valence-electron chi connectivity index (χ3n) is 4.14. The summed E-state index contributed by atoms with van der Waals surface area (Å²) in [5.41, 5.74) is 1.60. The average Bonchev–Trinajstić information content (AvgIpc) is 2.63. The molecule has 3 aromatic rings. The lowest BCUT2D eigenvalue weighted by atomic mass is 10.1. The van der Waals surface area contributed by atoms with E-state index in [1.165, 1.54) is 6.21 Å². The van der Waals surface area contributed by atoms with E-state index in [9.17, 15) is 14.7 Å². The van der Waals surface area contributed by atoms with Gasteiger partial charge in [-0.3, -0.25) is 14.8 Å². The number of para-hydroxylation sites is 1. The zero-order valence-electron chi connectivity index (χ0n) is 14.6. The van der Waals surface area contributed by atoms with Crippen LogP contribution in [-0.2, 0) is 6.42 Å². The molecule has 0 unspecified atom stereocenters. The molecule has 2 N–H and O–H groups in total.